The van der Waals surface area contributed by atoms with Crippen LogP contribution in [0.3, 0.4) is 0 Å². The fraction of sp³-hybridized carbons (Fsp3) is 0.143. The van der Waals surface area contributed by atoms with Crippen molar-refractivity contribution in [2.75, 3.05) is 14.2 Å². The van der Waals surface area contributed by atoms with Gasteiger partial charge in [-0.25, -0.2) is 4.79 Å². The van der Waals surface area contributed by atoms with E-state index in [1.165, 1.54) is 7.11 Å². The Kier molecular flexibility index (Phi) is 4.89. The molecule has 3 rings (SSSR count). The molecular formula is C21H19NO4. The molecule has 0 unspecified atom stereocenters. The van der Waals surface area contributed by atoms with E-state index < -0.39 is 11.9 Å². The van der Waals surface area contributed by atoms with Gasteiger partial charge < -0.3 is 15.2 Å². The summed E-state index contributed by atoms with van der Waals surface area (Å²) in [6.45, 7) is 0. The third-order valence-electron chi connectivity index (χ3n) is 4.35. The number of methoxy groups -OCH3 is 2. The lowest BCUT2D eigenvalue weighted by Gasteiger charge is -2.12. The zero-order valence-corrected chi connectivity index (χ0v) is 14.6. The van der Waals surface area contributed by atoms with Crippen LogP contribution in [0.25, 0.3) is 10.8 Å². The maximum atomic E-state index is 11.7. The van der Waals surface area contributed by atoms with Crippen LogP contribution in [-0.2, 0) is 11.2 Å². The van der Waals surface area contributed by atoms with Gasteiger partial charge in [-0.3, -0.25) is 4.79 Å². The maximum absolute atomic E-state index is 11.7. The first-order valence-electron chi connectivity index (χ1n) is 8.10. The molecule has 5 nitrogen and oxygen atoms in total. The molecule has 132 valence electrons. The van der Waals surface area contributed by atoms with E-state index in [0.717, 1.165) is 21.9 Å². The summed E-state index contributed by atoms with van der Waals surface area (Å²) in [7, 11) is 2.91. The highest BCUT2D eigenvalue weighted by atomic mass is 16.5. The van der Waals surface area contributed by atoms with E-state index >= 15 is 0 Å². The van der Waals surface area contributed by atoms with Gasteiger partial charge >= 0.3 is 5.97 Å². The largest absolute Gasteiger partial charge is 0.496 e. The molecular weight excluding hydrogens is 330 g/mol. The Bertz CT molecular complexity index is 994. The number of carbonyl (C=O) groups is 2. The van der Waals surface area contributed by atoms with E-state index in [-0.39, 0.29) is 0 Å². The monoisotopic (exact) mass is 349 g/mol. The normalized spacial score (nSPS) is 10.5. The molecule has 0 spiro atoms. The summed E-state index contributed by atoms with van der Waals surface area (Å²) >= 11 is 0. The second-order valence-electron chi connectivity index (χ2n) is 5.91. The summed E-state index contributed by atoms with van der Waals surface area (Å²) in [5.41, 5.74) is 8.28. The number of rotatable bonds is 5. The lowest BCUT2D eigenvalue weighted by molar-refractivity contribution is 0.0600. The third kappa shape index (κ3) is 3.37. The van der Waals surface area contributed by atoms with Crippen molar-refractivity contribution in [3.8, 4) is 5.75 Å². The van der Waals surface area contributed by atoms with E-state index in [1.54, 1.807) is 25.3 Å². The first kappa shape index (κ1) is 17.5. The molecule has 3 aromatic rings. The summed E-state index contributed by atoms with van der Waals surface area (Å²) in [6, 6.07) is 16.6. The average molecular weight is 349 g/mol. The van der Waals surface area contributed by atoms with Crippen LogP contribution in [-0.4, -0.2) is 26.1 Å². The molecule has 0 atom stereocenters. The topological polar surface area (TPSA) is 78.6 Å². The van der Waals surface area contributed by atoms with Gasteiger partial charge in [-0.2, -0.15) is 0 Å². The summed E-state index contributed by atoms with van der Waals surface area (Å²) < 4.78 is 10.2. The molecule has 3 aromatic carbocycles. The number of benzene rings is 3. The van der Waals surface area contributed by atoms with Gasteiger partial charge in [0.05, 0.1) is 19.8 Å². The molecule has 0 fully saturated rings. The van der Waals surface area contributed by atoms with E-state index in [0.29, 0.717) is 23.3 Å². The maximum Gasteiger partial charge on any atom is 0.337 e. The molecule has 0 radical (unpaired) electrons. The third-order valence-corrected chi connectivity index (χ3v) is 4.35. The summed E-state index contributed by atoms with van der Waals surface area (Å²) in [5, 5.41) is 1.99. The summed E-state index contributed by atoms with van der Waals surface area (Å²) in [6.07, 6.45) is 0.587. The first-order valence-corrected chi connectivity index (χ1v) is 8.10. The molecule has 5 heteroatoms. The van der Waals surface area contributed by atoms with Crippen molar-refractivity contribution < 1.29 is 19.1 Å². The summed E-state index contributed by atoms with van der Waals surface area (Å²) in [4.78, 5) is 23.2. The van der Waals surface area contributed by atoms with Crippen molar-refractivity contribution in [1.29, 1.82) is 0 Å². The number of hydrogen-bond acceptors (Lipinski definition) is 4. The number of esters is 1. The molecule has 2 N–H and O–H groups in total. The van der Waals surface area contributed by atoms with Crippen molar-refractivity contribution in [3.05, 3.63) is 76.9 Å². The quantitative estimate of drug-likeness (QED) is 0.717. The highest BCUT2D eigenvalue weighted by Crippen LogP contribution is 2.28. The molecule has 0 aromatic heterocycles. The molecule has 0 saturated heterocycles. The predicted molar refractivity (Wildman–Crippen MR) is 99.6 cm³/mol. The number of ether oxygens (including phenoxy) is 2. The van der Waals surface area contributed by atoms with Crippen LogP contribution in [0, 0.1) is 0 Å². The minimum Gasteiger partial charge on any atom is -0.496 e. The van der Waals surface area contributed by atoms with Gasteiger partial charge in [-0.1, -0.05) is 30.3 Å². The Morgan fingerprint density at radius 3 is 2.38 bits per heavy atom. The van der Waals surface area contributed by atoms with Crippen LogP contribution >= 0.6 is 0 Å². The van der Waals surface area contributed by atoms with E-state index in [2.05, 4.69) is 0 Å². The number of nitrogens with two attached hydrogens (primary N) is 1. The van der Waals surface area contributed by atoms with Gasteiger partial charge in [0.2, 0.25) is 5.91 Å². The summed E-state index contributed by atoms with van der Waals surface area (Å²) in [5.74, 6) is -0.260. The molecule has 26 heavy (non-hydrogen) atoms. The van der Waals surface area contributed by atoms with Crippen LogP contribution in [0.2, 0.25) is 0 Å². The molecule has 1 amide bonds. The Morgan fingerprint density at radius 1 is 0.923 bits per heavy atom. The van der Waals surface area contributed by atoms with Gasteiger partial charge in [0, 0.05) is 12.0 Å². The molecule has 0 aliphatic heterocycles. The second-order valence-corrected chi connectivity index (χ2v) is 5.91. The smallest absolute Gasteiger partial charge is 0.337 e. The zero-order chi connectivity index (χ0) is 18.7. The van der Waals surface area contributed by atoms with E-state index in [1.807, 2.05) is 36.4 Å². The first-order chi connectivity index (χ1) is 12.5. The van der Waals surface area contributed by atoms with Crippen molar-refractivity contribution in [1.82, 2.24) is 0 Å². The van der Waals surface area contributed by atoms with Crippen LogP contribution in [0.15, 0.2) is 54.6 Å². The molecule has 0 aliphatic rings. The van der Waals surface area contributed by atoms with Gasteiger partial charge in [-0.15, -0.1) is 0 Å². The van der Waals surface area contributed by atoms with Crippen LogP contribution in [0.5, 0.6) is 5.75 Å². The number of amides is 1. The Hall–Kier alpha value is -3.34. The van der Waals surface area contributed by atoms with Crippen molar-refractivity contribution in [2.45, 2.75) is 6.42 Å². The SMILES string of the molecule is COC(=O)c1ccc(Cc2cccc3ccc(C(N)=O)cc23)c(OC)c1. The van der Waals surface area contributed by atoms with E-state index in [4.69, 9.17) is 15.2 Å². The van der Waals surface area contributed by atoms with Crippen LogP contribution in [0.1, 0.15) is 31.8 Å². The fourth-order valence-corrected chi connectivity index (χ4v) is 2.99. The Morgan fingerprint density at radius 2 is 1.69 bits per heavy atom. The Balaban J connectivity index is 2.04. The molecule has 0 aliphatic carbocycles. The zero-order valence-electron chi connectivity index (χ0n) is 14.6. The lowest BCUT2D eigenvalue weighted by atomic mass is 9.96. The van der Waals surface area contributed by atoms with Crippen molar-refractivity contribution in [2.24, 2.45) is 5.73 Å². The highest BCUT2D eigenvalue weighted by molar-refractivity contribution is 5.98. The van der Waals surface area contributed by atoms with Crippen molar-refractivity contribution >= 4 is 22.6 Å². The van der Waals surface area contributed by atoms with Crippen LogP contribution < -0.4 is 10.5 Å². The predicted octanol–water partition coefficient (Wildman–Crippen LogP) is 3.32. The number of hydrogen-bond donors (Lipinski definition) is 1. The highest BCUT2D eigenvalue weighted by Gasteiger charge is 2.12. The van der Waals surface area contributed by atoms with E-state index in [9.17, 15) is 9.59 Å². The molecule has 0 heterocycles. The molecule has 0 bridgehead atoms. The molecule has 0 saturated carbocycles. The lowest BCUT2D eigenvalue weighted by Crippen LogP contribution is -2.10. The van der Waals surface area contributed by atoms with Gasteiger partial charge in [-0.05, 0) is 46.2 Å². The van der Waals surface area contributed by atoms with Crippen molar-refractivity contribution in [3.63, 3.8) is 0 Å². The van der Waals surface area contributed by atoms with Crippen LogP contribution in [0.4, 0.5) is 0 Å². The van der Waals surface area contributed by atoms with Gasteiger partial charge in [0.25, 0.3) is 0 Å². The minimum absolute atomic E-state index is 0.411. The standard InChI is InChI=1S/C21H19NO4/c1-25-19-12-17(21(24)26-2)9-7-15(19)10-14-5-3-4-13-6-8-16(20(22)23)11-18(13)14/h3-9,11-12H,10H2,1-2H3,(H2,22,23). The second kappa shape index (κ2) is 7.27. The number of fused-ring (bicyclic) bond motifs is 1. The fourth-order valence-electron chi connectivity index (χ4n) is 2.99. The Labute approximate surface area is 151 Å². The minimum atomic E-state index is -0.457. The average Bonchev–Trinajstić information content (AvgIpc) is 2.67. The number of carbonyl (C=O) groups excluding carboxylic acids is 2. The van der Waals surface area contributed by atoms with Gasteiger partial charge in [0.1, 0.15) is 5.75 Å². The number of primary amides is 1. The van der Waals surface area contributed by atoms with Gasteiger partial charge in [0.15, 0.2) is 0 Å².